The third-order valence-electron chi connectivity index (χ3n) is 5.53. The molecule has 4 amide bonds. The van der Waals surface area contributed by atoms with Crippen molar-refractivity contribution in [2.45, 2.75) is 70.9 Å². The van der Waals surface area contributed by atoms with Gasteiger partial charge in [0.25, 0.3) is 5.91 Å². The lowest BCUT2D eigenvalue weighted by Crippen LogP contribution is -2.47. The average molecular weight is 375 g/mol. The summed E-state index contributed by atoms with van der Waals surface area (Å²) in [5.41, 5.74) is -0.872. The second kappa shape index (κ2) is 7.70. The van der Waals surface area contributed by atoms with E-state index in [1.54, 1.807) is 16.9 Å². The molecule has 1 aliphatic carbocycles. The number of nitrogens with one attached hydrogen (secondary N) is 2. The van der Waals surface area contributed by atoms with Crippen LogP contribution in [0.3, 0.4) is 0 Å². The van der Waals surface area contributed by atoms with E-state index in [-0.39, 0.29) is 18.5 Å². The maximum atomic E-state index is 12.9. The summed E-state index contributed by atoms with van der Waals surface area (Å²) in [5.74, 6) is 0.494. The van der Waals surface area contributed by atoms with Crippen LogP contribution in [0.25, 0.3) is 0 Å². The molecule has 1 aliphatic heterocycles. The molecule has 27 heavy (non-hydrogen) atoms. The molecule has 1 unspecified atom stereocenters. The molecular formula is C19H29N5O3. The van der Waals surface area contributed by atoms with Gasteiger partial charge in [0.1, 0.15) is 17.9 Å². The summed E-state index contributed by atoms with van der Waals surface area (Å²) in [6.45, 7) is 5.76. The van der Waals surface area contributed by atoms with E-state index in [2.05, 4.69) is 22.7 Å². The summed E-state index contributed by atoms with van der Waals surface area (Å²) in [6, 6.07) is 1.46. The number of carbonyl (C=O) groups is 3. The molecule has 0 aromatic carbocycles. The first-order chi connectivity index (χ1) is 12.9. The van der Waals surface area contributed by atoms with E-state index >= 15 is 0 Å². The third kappa shape index (κ3) is 3.84. The highest BCUT2D eigenvalue weighted by Gasteiger charge is 2.50. The van der Waals surface area contributed by atoms with Crippen LogP contribution in [0.2, 0.25) is 0 Å². The molecule has 8 heteroatoms. The van der Waals surface area contributed by atoms with Gasteiger partial charge in [-0.05, 0) is 38.5 Å². The number of amides is 4. The van der Waals surface area contributed by atoms with Crippen LogP contribution < -0.4 is 10.6 Å². The molecule has 0 spiro atoms. The number of imide groups is 1. The van der Waals surface area contributed by atoms with E-state index in [0.717, 1.165) is 17.7 Å². The van der Waals surface area contributed by atoms with Crippen molar-refractivity contribution in [2.75, 3.05) is 11.9 Å². The maximum absolute atomic E-state index is 12.9. The molecule has 8 nitrogen and oxygen atoms in total. The quantitative estimate of drug-likeness (QED) is 0.649. The number of hydrogen-bond donors (Lipinski definition) is 2. The van der Waals surface area contributed by atoms with Gasteiger partial charge in [0.05, 0.1) is 12.2 Å². The second-order valence-corrected chi connectivity index (χ2v) is 7.69. The first-order valence-corrected chi connectivity index (χ1v) is 9.89. The van der Waals surface area contributed by atoms with Crippen LogP contribution in [0.4, 0.5) is 10.6 Å². The lowest BCUT2D eigenvalue weighted by Gasteiger charge is -2.25. The molecule has 2 N–H and O–H groups in total. The Hall–Kier alpha value is -2.38. The molecular weight excluding hydrogens is 346 g/mol. The van der Waals surface area contributed by atoms with Crippen LogP contribution in [-0.2, 0) is 9.59 Å². The zero-order valence-corrected chi connectivity index (χ0v) is 16.3. The van der Waals surface area contributed by atoms with Crippen molar-refractivity contribution >= 4 is 23.7 Å². The van der Waals surface area contributed by atoms with Gasteiger partial charge in [-0.25, -0.2) is 9.48 Å². The van der Waals surface area contributed by atoms with Gasteiger partial charge < -0.3 is 10.6 Å². The zero-order valence-electron chi connectivity index (χ0n) is 16.3. The van der Waals surface area contributed by atoms with Gasteiger partial charge >= 0.3 is 6.03 Å². The highest BCUT2D eigenvalue weighted by atomic mass is 16.2. The minimum absolute atomic E-state index is 0.216. The van der Waals surface area contributed by atoms with Crippen LogP contribution in [0.5, 0.6) is 0 Å². The largest absolute Gasteiger partial charge is 0.325 e. The number of anilines is 1. The molecule has 0 radical (unpaired) electrons. The van der Waals surface area contributed by atoms with Gasteiger partial charge in [0.15, 0.2) is 0 Å². The number of carbonyl (C=O) groups excluding carboxylic acids is 3. The van der Waals surface area contributed by atoms with Crippen LogP contribution >= 0.6 is 0 Å². The molecule has 1 saturated heterocycles. The summed E-state index contributed by atoms with van der Waals surface area (Å²) in [7, 11) is 0. The first-order valence-electron chi connectivity index (χ1n) is 9.89. The molecule has 2 aliphatic rings. The minimum atomic E-state index is -0.872. The number of hydrogen-bond acceptors (Lipinski definition) is 4. The zero-order chi connectivity index (χ0) is 19.6. The molecule has 2 heterocycles. The third-order valence-corrected chi connectivity index (χ3v) is 5.53. The summed E-state index contributed by atoms with van der Waals surface area (Å²) >= 11 is 0. The minimum Gasteiger partial charge on any atom is -0.323 e. The Labute approximate surface area is 159 Å². The van der Waals surface area contributed by atoms with E-state index in [9.17, 15) is 14.4 Å². The van der Waals surface area contributed by atoms with Crippen molar-refractivity contribution in [3.05, 3.63) is 12.3 Å². The SMILES string of the molecule is CCCC1(CCC)NC(=O)N(CC(=O)Nc2ccnn2C(C)C2CC2)C1=O. The van der Waals surface area contributed by atoms with E-state index in [0.29, 0.717) is 24.6 Å². The van der Waals surface area contributed by atoms with Crippen molar-refractivity contribution in [1.29, 1.82) is 0 Å². The lowest BCUT2D eigenvalue weighted by atomic mass is 9.88. The van der Waals surface area contributed by atoms with Crippen LogP contribution in [0.1, 0.15) is 65.3 Å². The monoisotopic (exact) mass is 375 g/mol. The molecule has 2 fully saturated rings. The predicted molar refractivity (Wildman–Crippen MR) is 101 cm³/mol. The van der Waals surface area contributed by atoms with Crippen molar-refractivity contribution < 1.29 is 14.4 Å². The molecule has 1 aromatic heterocycles. The number of urea groups is 1. The van der Waals surface area contributed by atoms with E-state index in [4.69, 9.17) is 0 Å². The van der Waals surface area contributed by atoms with Gasteiger partial charge in [-0.3, -0.25) is 14.5 Å². The number of aromatic nitrogens is 2. The van der Waals surface area contributed by atoms with Gasteiger partial charge in [-0.1, -0.05) is 26.7 Å². The van der Waals surface area contributed by atoms with Gasteiger partial charge in [0.2, 0.25) is 5.91 Å². The number of nitrogens with zero attached hydrogens (tertiary/aromatic N) is 3. The Bertz CT molecular complexity index is 719. The van der Waals surface area contributed by atoms with Crippen molar-refractivity contribution in [3.63, 3.8) is 0 Å². The molecule has 1 atom stereocenters. The molecule has 0 bridgehead atoms. The highest BCUT2D eigenvalue weighted by Crippen LogP contribution is 2.40. The van der Waals surface area contributed by atoms with Gasteiger partial charge in [-0.15, -0.1) is 0 Å². The summed E-state index contributed by atoms with van der Waals surface area (Å²) < 4.78 is 1.81. The Balaban J connectivity index is 1.67. The predicted octanol–water partition coefficient (Wildman–Crippen LogP) is 2.68. The lowest BCUT2D eigenvalue weighted by molar-refractivity contribution is -0.134. The van der Waals surface area contributed by atoms with Crippen LogP contribution in [-0.4, -0.2) is 44.6 Å². The summed E-state index contributed by atoms with van der Waals surface area (Å²) in [6.07, 6.45) is 6.72. The van der Waals surface area contributed by atoms with E-state index in [1.165, 1.54) is 12.8 Å². The second-order valence-electron chi connectivity index (χ2n) is 7.69. The van der Waals surface area contributed by atoms with Crippen LogP contribution in [0.15, 0.2) is 12.3 Å². The molecule has 148 valence electrons. The summed E-state index contributed by atoms with van der Waals surface area (Å²) in [4.78, 5) is 38.8. The van der Waals surface area contributed by atoms with Crippen molar-refractivity contribution in [2.24, 2.45) is 5.92 Å². The van der Waals surface area contributed by atoms with E-state index < -0.39 is 17.5 Å². The Morgan fingerprint density at radius 1 is 1.33 bits per heavy atom. The molecule has 1 saturated carbocycles. The number of rotatable bonds is 9. The van der Waals surface area contributed by atoms with Crippen LogP contribution in [0, 0.1) is 5.92 Å². The van der Waals surface area contributed by atoms with Gasteiger partial charge in [-0.2, -0.15) is 5.10 Å². The van der Waals surface area contributed by atoms with Crippen molar-refractivity contribution in [1.82, 2.24) is 20.0 Å². The topological polar surface area (TPSA) is 96.3 Å². The Kier molecular flexibility index (Phi) is 5.53. The van der Waals surface area contributed by atoms with Crippen molar-refractivity contribution in [3.8, 4) is 0 Å². The fraction of sp³-hybridized carbons (Fsp3) is 0.684. The molecule has 3 rings (SSSR count). The first kappa shape index (κ1) is 19.4. The standard InChI is InChI=1S/C19H29N5O3/c1-4-9-19(10-5-2)17(26)23(18(27)22-19)12-16(25)21-15-8-11-20-24(15)13(3)14-6-7-14/h8,11,13-14H,4-7,9-10,12H2,1-3H3,(H,21,25)(H,22,27). The van der Waals surface area contributed by atoms with E-state index in [1.807, 2.05) is 13.8 Å². The summed E-state index contributed by atoms with van der Waals surface area (Å²) in [5, 5.41) is 9.93. The fourth-order valence-corrected chi connectivity index (χ4v) is 3.98. The fourth-order valence-electron chi connectivity index (χ4n) is 3.98. The normalized spacial score (nSPS) is 19.9. The maximum Gasteiger partial charge on any atom is 0.325 e. The smallest absolute Gasteiger partial charge is 0.323 e. The molecule has 1 aromatic rings. The van der Waals surface area contributed by atoms with Gasteiger partial charge in [0, 0.05) is 6.07 Å². The average Bonchev–Trinajstić information content (AvgIpc) is 3.33. The Morgan fingerprint density at radius 2 is 2.00 bits per heavy atom. The Morgan fingerprint density at radius 3 is 2.59 bits per heavy atom. The highest BCUT2D eigenvalue weighted by molar-refractivity contribution is 6.10.